The van der Waals surface area contributed by atoms with Crippen LogP contribution in [-0.4, -0.2) is 10.8 Å². The zero-order valence-corrected chi connectivity index (χ0v) is 12.3. The Morgan fingerprint density at radius 1 is 1.35 bits per heavy atom. The van der Waals surface area contributed by atoms with Gasteiger partial charge in [0.15, 0.2) is 0 Å². The van der Waals surface area contributed by atoms with Gasteiger partial charge in [-0.3, -0.25) is 0 Å². The Labute approximate surface area is 119 Å². The third-order valence-corrected chi connectivity index (χ3v) is 2.89. The molecule has 0 saturated heterocycles. The summed E-state index contributed by atoms with van der Waals surface area (Å²) in [6.07, 6.45) is 0. The van der Waals surface area contributed by atoms with E-state index >= 15 is 0 Å². The van der Waals surface area contributed by atoms with E-state index in [0.717, 1.165) is 16.3 Å². The van der Waals surface area contributed by atoms with Crippen LogP contribution in [0, 0.1) is 0 Å². The highest BCUT2D eigenvalue weighted by Crippen LogP contribution is 2.27. The number of aromatic nitrogens is 1. The fourth-order valence-electron chi connectivity index (χ4n) is 1.22. The number of amidine groups is 1. The molecule has 1 aromatic heterocycles. The van der Waals surface area contributed by atoms with Crippen molar-refractivity contribution in [1.82, 2.24) is 4.98 Å². The van der Waals surface area contributed by atoms with Gasteiger partial charge in [-0.25, -0.2) is 9.98 Å². The summed E-state index contributed by atoms with van der Waals surface area (Å²) in [5.74, 6) is 0.511. The maximum Gasteiger partial charge on any atom is 0.211 e. The van der Waals surface area contributed by atoms with Crippen molar-refractivity contribution in [2.24, 2.45) is 10.7 Å². The van der Waals surface area contributed by atoms with Crippen molar-refractivity contribution in [2.45, 2.75) is 6.92 Å². The zero-order valence-electron chi connectivity index (χ0n) is 9.05. The number of hydrogen-bond donors (Lipinski definition) is 1. The van der Waals surface area contributed by atoms with E-state index in [1.165, 1.54) is 11.3 Å². The third-order valence-electron chi connectivity index (χ3n) is 1.90. The molecule has 6 heteroatoms. The molecule has 0 unspecified atom stereocenters. The first-order chi connectivity index (χ1) is 7.65. The van der Waals surface area contributed by atoms with Crippen LogP contribution in [0.15, 0.2) is 34.6 Å². The minimum Gasteiger partial charge on any atom is -0.387 e. The molecule has 0 radical (unpaired) electrons. The zero-order chi connectivity index (χ0) is 11.5. The first kappa shape index (κ1) is 14.2. The Balaban J connectivity index is 0.00000144. The van der Waals surface area contributed by atoms with Crippen molar-refractivity contribution >= 4 is 50.9 Å². The smallest absolute Gasteiger partial charge is 0.211 e. The average molecular weight is 333 g/mol. The molecule has 1 aromatic carbocycles. The molecule has 90 valence electrons. The molecule has 0 aliphatic carbocycles. The molecule has 17 heavy (non-hydrogen) atoms. The molecule has 2 aromatic rings. The molecular formula is C11H11BrClN3S. The van der Waals surface area contributed by atoms with Crippen LogP contribution in [0.5, 0.6) is 0 Å². The number of nitrogens with zero attached hydrogens (tertiary/aromatic N) is 2. The minimum atomic E-state index is 0. The van der Waals surface area contributed by atoms with Gasteiger partial charge in [-0.15, -0.1) is 28.3 Å². The standard InChI is InChI=1S/C11H10ClN3S.BrH/c1-7(13)14-11-15-10(6-16-11)8-2-4-9(12)5-3-8;/h2-6H,1H3,(H2,13,14,15);1H. The van der Waals surface area contributed by atoms with Gasteiger partial charge in [0.05, 0.1) is 11.5 Å². The van der Waals surface area contributed by atoms with Crippen molar-refractivity contribution in [3.8, 4) is 11.3 Å². The minimum absolute atomic E-state index is 0. The average Bonchev–Trinajstić information content (AvgIpc) is 2.66. The normalized spacial score (nSPS) is 11.1. The van der Waals surface area contributed by atoms with E-state index in [-0.39, 0.29) is 17.0 Å². The lowest BCUT2D eigenvalue weighted by Gasteiger charge is -1.95. The maximum atomic E-state index is 5.82. The summed E-state index contributed by atoms with van der Waals surface area (Å²) < 4.78 is 0. The van der Waals surface area contributed by atoms with Crippen molar-refractivity contribution in [2.75, 3.05) is 0 Å². The largest absolute Gasteiger partial charge is 0.387 e. The number of benzene rings is 1. The van der Waals surface area contributed by atoms with Crippen LogP contribution in [0.25, 0.3) is 11.3 Å². The van der Waals surface area contributed by atoms with E-state index in [4.69, 9.17) is 17.3 Å². The molecule has 1 heterocycles. The molecule has 0 fully saturated rings. The van der Waals surface area contributed by atoms with E-state index in [2.05, 4.69) is 9.98 Å². The van der Waals surface area contributed by atoms with Gasteiger partial charge in [0.2, 0.25) is 5.13 Å². The highest BCUT2D eigenvalue weighted by Gasteiger charge is 2.03. The van der Waals surface area contributed by atoms with Crippen LogP contribution in [0.3, 0.4) is 0 Å². The number of rotatable bonds is 2. The van der Waals surface area contributed by atoms with Gasteiger partial charge in [0.1, 0.15) is 0 Å². The Morgan fingerprint density at radius 3 is 2.59 bits per heavy atom. The fourth-order valence-corrected chi connectivity index (χ4v) is 2.10. The summed E-state index contributed by atoms with van der Waals surface area (Å²) in [6, 6.07) is 7.54. The summed E-state index contributed by atoms with van der Waals surface area (Å²) in [4.78, 5) is 8.46. The quantitative estimate of drug-likeness (QED) is 0.666. The molecule has 0 atom stereocenters. The number of nitrogens with two attached hydrogens (primary N) is 1. The van der Waals surface area contributed by atoms with Crippen molar-refractivity contribution in [3.63, 3.8) is 0 Å². The van der Waals surface area contributed by atoms with Crippen LogP contribution >= 0.6 is 39.9 Å². The van der Waals surface area contributed by atoms with Gasteiger partial charge in [-0.1, -0.05) is 23.7 Å². The van der Waals surface area contributed by atoms with E-state index in [0.29, 0.717) is 11.0 Å². The summed E-state index contributed by atoms with van der Waals surface area (Å²) in [7, 11) is 0. The van der Waals surface area contributed by atoms with Crippen LogP contribution in [0.4, 0.5) is 5.13 Å². The van der Waals surface area contributed by atoms with Gasteiger partial charge in [-0.05, 0) is 19.1 Å². The van der Waals surface area contributed by atoms with E-state index in [9.17, 15) is 0 Å². The molecule has 0 aliphatic rings. The fraction of sp³-hybridized carbons (Fsp3) is 0.0909. The lowest BCUT2D eigenvalue weighted by Crippen LogP contribution is -2.03. The first-order valence-corrected chi connectivity index (χ1v) is 5.93. The van der Waals surface area contributed by atoms with Crippen LogP contribution in [0.2, 0.25) is 5.02 Å². The third kappa shape index (κ3) is 3.80. The predicted octanol–water partition coefficient (Wildman–Crippen LogP) is 4.05. The molecule has 2 N–H and O–H groups in total. The Bertz CT molecular complexity index is 518. The molecular weight excluding hydrogens is 322 g/mol. The highest BCUT2D eigenvalue weighted by atomic mass is 79.9. The van der Waals surface area contributed by atoms with E-state index < -0.39 is 0 Å². The predicted molar refractivity (Wildman–Crippen MR) is 79.8 cm³/mol. The van der Waals surface area contributed by atoms with Crippen molar-refractivity contribution in [1.29, 1.82) is 0 Å². The molecule has 0 bridgehead atoms. The second-order valence-corrected chi connectivity index (χ2v) is 4.55. The van der Waals surface area contributed by atoms with Crippen LogP contribution in [0.1, 0.15) is 6.92 Å². The molecule has 0 spiro atoms. The maximum absolute atomic E-state index is 5.82. The SMILES string of the molecule is Br.C/C(N)=N/c1nc(-c2ccc(Cl)cc2)cs1. The summed E-state index contributed by atoms with van der Waals surface area (Å²) in [6.45, 7) is 1.74. The summed E-state index contributed by atoms with van der Waals surface area (Å²) in [5.41, 5.74) is 7.41. The second kappa shape index (κ2) is 6.14. The summed E-state index contributed by atoms with van der Waals surface area (Å²) in [5, 5.41) is 3.34. The number of aliphatic imine (C=N–C) groups is 1. The number of hydrogen-bond acceptors (Lipinski definition) is 3. The lowest BCUT2D eigenvalue weighted by atomic mass is 10.2. The summed E-state index contributed by atoms with van der Waals surface area (Å²) >= 11 is 7.28. The van der Waals surface area contributed by atoms with Crippen LogP contribution < -0.4 is 5.73 Å². The number of halogens is 2. The molecule has 2 rings (SSSR count). The molecule has 3 nitrogen and oxygen atoms in total. The van der Waals surface area contributed by atoms with Gasteiger partial charge in [-0.2, -0.15) is 0 Å². The molecule has 0 aliphatic heterocycles. The Morgan fingerprint density at radius 2 is 2.00 bits per heavy atom. The van der Waals surface area contributed by atoms with Gasteiger partial charge in [0, 0.05) is 16.0 Å². The van der Waals surface area contributed by atoms with Crippen molar-refractivity contribution < 1.29 is 0 Å². The lowest BCUT2D eigenvalue weighted by molar-refractivity contribution is 1.34. The van der Waals surface area contributed by atoms with Crippen molar-refractivity contribution in [3.05, 3.63) is 34.7 Å². The van der Waals surface area contributed by atoms with E-state index in [1.807, 2.05) is 29.6 Å². The van der Waals surface area contributed by atoms with Gasteiger partial charge >= 0.3 is 0 Å². The first-order valence-electron chi connectivity index (χ1n) is 4.67. The molecule has 0 saturated carbocycles. The molecule has 0 amide bonds. The monoisotopic (exact) mass is 331 g/mol. The van der Waals surface area contributed by atoms with Gasteiger partial charge < -0.3 is 5.73 Å². The topological polar surface area (TPSA) is 51.3 Å². The number of thiazole rings is 1. The highest BCUT2D eigenvalue weighted by molar-refractivity contribution is 8.93. The van der Waals surface area contributed by atoms with E-state index in [1.54, 1.807) is 6.92 Å². The Kier molecular flexibility index (Phi) is 5.11. The van der Waals surface area contributed by atoms with Crippen LogP contribution in [-0.2, 0) is 0 Å². The van der Waals surface area contributed by atoms with Gasteiger partial charge in [0.25, 0.3) is 0 Å². The second-order valence-electron chi connectivity index (χ2n) is 3.28. The Hall–Kier alpha value is -0.910.